The molecule has 0 atom stereocenters. The Bertz CT molecular complexity index is 180. The minimum absolute atomic E-state index is 1.09. The van der Waals surface area contributed by atoms with Crippen molar-refractivity contribution in [3.8, 4) is 0 Å². The van der Waals surface area contributed by atoms with Crippen molar-refractivity contribution in [2.45, 2.75) is 19.3 Å². The third-order valence-corrected chi connectivity index (χ3v) is 1.64. The van der Waals surface area contributed by atoms with Crippen LogP contribution in [-0.4, -0.2) is 0 Å². The van der Waals surface area contributed by atoms with Gasteiger partial charge in [0.2, 0.25) is 0 Å². The molecule has 1 aliphatic rings. The van der Waals surface area contributed by atoms with Gasteiger partial charge in [-0.05, 0) is 18.9 Å². The van der Waals surface area contributed by atoms with Crippen LogP contribution in [0.2, 0.25) is 0 Å². The first-order valence-corrected chi connectivity index (χ1v) is 3.27. The lowest BCUT2D eigenvalue weighted by atomic mass is 9.99. The molecule has 1 heteroatoms. The molecule has 0 saturated heterocycles. The number of fused-ring (bicyclic) bond motifs is 1. The molecule has 1 nitrogen and oxygen atoms in total. The highest BCUT2D eigenvalue weighted by Gasteiger charge is 2.10. The highest BCUT2D eigenvalue weighted by atomic mass is 16.3. The summed E-state index contributed by atoms with van der Waals surface area (Å²) in [6, 6.07) is 1.98. The minimum Gasteiger partial charge on any atom is -0.469 e. The zero-order valence-corrected chi connectivity index (χ0v) is 5.18. The van der Waals surface area contributed by atoms with E-state index >= 15 is 0 Å². The Labute approximate surface area is 54.7 Å². The summed E-state index contributed by atoms with van der Waals surface area (Å²) in [5, 5.41) is 0. The van der Waals surface area contributed by atoms with Crippen molar-refractivity contribution in [3.63, 3.8) is 0 Å². The standard InChI is InChI=1S/C8H8O/c1-2-4-8-7(3-1)5-6-9-8/h5-6H,1-2,4H2. The van der Waals surface area contributed by atoms with E-state index in [4.69, 9.17) is 4.42 Å². The number of hydrogen-bond donors (Lipinski definition) is 0. The fourth-order valence-electron chi connectivity index (χ4n) is 1.16. The van der Waals surface area contributed by atoms with Gasteiger partial charge in [0.1, 0.15) is 5.76 Å². The van der Waals surface area contributed by atoms with Crippen molar-refractivity contribution >= 4 is 0 Å². The second kappa shape index (κ2) is 1.90. The molecule has 0 N–H and O–H groups in total. The predicted octanol–water partition coefficient (Wildman–Crippen LogP) is 2.05. The largest absolute Gasteiger partial charge is 0.469 e. The first kappa shape index (κ1) is 5.10. The van der Waals surface area contributed by atoms with Gasteiger partial charge in [-0.15, -0.1) is 0 Å². The van der Waals surface area contributed by atoms with Crippen molar-refractivity contribution in [1.29, 1.82) is 0 Å². The molecule has 0 aromatic carbocycles. The Morgan fingerprint density at radius 1 is 1.56 bits per heavy atom. The molecule has 2 rings (SSSR count). The van der Waals surface area contributed by atoms with Gasteiger partial charge in [0.05, 0.1) is 6.26 Å². The van der Waals surface area contributed by atoms with E-state index < -0.39 is 0 Å². The van der Waals surface area contributed by atoms with E-state index in [9.17, 15) is 0 Å². The van der Waals surface area contributed by atoms with E-state index in [-0.39, 0.29) is 0 Å². The van der Waals surface area contributed by atoms with Crippen LogP contribution in [0.3, 0.4) is 0 Å². The highest BCUT2D eigenvalue weighted by Crippen LogP contribution is 2.22. The van der Waals surface area contributed by atoms with E-state index in [0.717, 1.165) is 18.6 Å². The van der Waals surface area contributed by atoms with Crippen molar-refractivity contribution in [2.24, 2.45) is 0 Å². The second-order valence-electron chi connectivity index (χ2n) is 2.29. The fourth-order valence-corrected chi connectivity index (χ4v) is 1.16. The SMILES string of the molecule is [C]1CCCc2occc21. The first-order chi connectivity index (χ1) is 4.47. The van der Waals surface area contributed by atoms with E-state index in [1.165, 1.54) is 12.0 Å². The van der Waals surface area contributed by atoms with Crippen LogP contribution in [-0.2, 0) is 6.42 Å². The second-order valence-corrected chi connectivity index (χ2v) is 2.29. The number of hydrogen-bond acceptors (Lipinski definition) is 1. The molecule has 1 aromatic heterocycles. The van der Waals surface area contributed by atoms with Gasteiger partial charge in [0.15, 0.2) is 0 Å². The third kappa shape index (κ3) is 0.766. The molecule has 2 radical (unpaired) electrons. The minimum atomic E-state index is 1.09. The van der Waals surface area contributed by atoms with Crippen molar-refractivity contribution in [3.05, 3.63) is 30.1 Å². The Balaban J connectivity index is 2.39. The van der Waals surface area contributed by atoms with Gasteiger partial charge in [-0.3, -0.25) is 0 Å². The molecule has 1 aliphatic carbocycles. The summed E-state index contributed by atoms with van der Waals surface area (Å²) in [4.78, 5) is 0. The van der Waals surface area contributed by atoms with Crippen LogP contribution in [0.1, 0.15) is 24.2 Å². The maximum Gasteiger partial charge on any atom is 0.107 e. The molecular weight excluding hydrogens is 112 g/mol. The van der Waals surface area contributed by atoms with Gasteiger partial charge in [-0.1, -0.05) is 0 Å². The Morgan fingerprint density at radius 3 is 3.44 bits per heavy atom. The summed E-state index contributed by atoms with van der Waals surface area (Å²) in [6.45, 7) is 0. The molecule has 0 bridgehead atoms. The van der Waals surface area contributed by atoms with Crippen LogP contribution < -0.4 is 0 Å². The Hall–Kier alpha value is -0.720. The molecule has 0 spiro atoms. The molecule has 0 amide bonds. The van der Waals surface area contributed by atoms with Gasteiger partial charge < -0.3 is 4.42 Å². The molecule has 0 fully saturated rings. The topological polar surface area (TPSA) is 13.1 Å². The molecule has 1 aromatic rings. The van der Waals surface area contributed by atoms with Crippen LogP contribution >= 0.6 is 0 Å². The molecule has 0 saturated carbocycles. The summed E-state index contributed by atoms with van der Waals surface area (Å²) in [5.41, 5.74) is 1.18. The van der Waals surface area contributed by atoms with Crippen LogP contribution in [0.15, 0.2) is 16.7 Å². The van der Waals surface area contributed by atoms with Gasteiger partial charge >= 0.3 is 0 Å². The molecule has 9 heavy (non-hydrogen) atoms. The van der Waals surface area contributed by atoms with Crippen LogP contribution in [0.4, 0.5) is 0 Å². The van der Waals surface area contributed by atoms with Crippen molar-refractivity contribution in [2.75, 3.05) is 0 Å². The molecule has 0 unspecified atom stereocenters. The van der Waals surface area contributed by atoms with E-state index in [1.807, 2.05) is 6.07 Å². The summed E-state index contributed by atoms with van der Waals surface area (Å²) in [6.07, 6.45) is 8.37. The summed E-state index contributed by atoms with van der Waals surface area (Å²) in [7, 11) is 0. The van der Waals surface area contributed by atoms with Crippen LogP contribution in [0.25, 0.3) is 0 Å². The number of rotatable bonds is 0. The van der Waals surface area contributed by atoms with Crippen LogP contribution in [0, 0.1) is 6.42 Å². The molecule has 46 valence electrons. The molecule has 0 aliphatic heterocycles. The fraction of sp³-hybridized carbons (Fsp3) is 0.375. The van der Waals surface area contributed by atoms with Gasteiger partial charge in [0.25, 0.3) is 0 Å². The maximum absolute atomic E-state index is 5.19. The zero-order chi connectivity index (χ0) is 6.10. The quantitative estimate of drug-likeness (QED) is 0.510. The molecular formula is C8H8O. The van der Waals surface area contributed by atoms with Gasteiger partial charge in [-0.25, -0.2) is 0 Å². The lowest BCUT2D eigenvalue weighted by Gasteiger charge is -2.06. The lowest BCUT2D eigenvalue weighted by Crippen LogP contribution is -1.95. The predicted molar refractivity (Wildman–Crippen MR) is 34.0 cm³/mol. The summed E-state index contributed by atoms with van der Waals surface area (Å²) in [5.74, 6) is 1.11. The summed E-state index contributed by atoms with van der Waals surface area (Å²) < 4.78 is 5.19. The van der Waals surface area contributed by atoms with Crippen molar-refractivity contribution < 1.29 is 4.42 Å². The summed E-state index contributed by atoms with van der Waals surface area (Å²) >= 11 is 0. The Morgan fingerprint density at radius 2 is 2.56 bits per heavy atom. The average Bonchev–Trinajstić information content (AvgIpc) is 2.33. The normalized spacial score (nSPS) is 17.3. The number of aryl methyl sites for hydroxylation is 1. The number of furan rings is 1. The van der Waals surface area contributed by atoms with Crippen molar-refractivity contribution in [1.82, 2.24) is 0 Å². The van der Waals surface area contributed by atoms with E-state index in [1.54, 1.807) is 6.26 Å². The average molecular weight is 120 g/mol. The highest BCUT2D eigenvalue weighted by molar-refractivity contribution is 5.27. The maximum atomic E-state index is 5.19. The van der Waals surface area contributed by atoms with E-state index in [0.29, 0.717) is 0 Å². The lowest BCUT2D eigenvalue weighted by molar-refractivity contribution is 0.491. The van der Waals surface area contributed by atoms with Gasteiger partial charge in [0, 0.05) is 18.4 Å². The smallest absolute Gasteiger partial charge is 0.107 e. The van der Waals surface area contributed by atoms with Crippen LogP contribution in [0.5, 0.6) is 0 Å². The molecule has 1 heterocycles. The third-order valence-electron chi connectivity index (χ3n) is 1.64. The zero-order valence-electron chi connectivity index (χ0n) is 5.18. The monoisotopic (exact) mass is 120 g/mol. The first-order valence-electron chi connectivity index (χ1n) is 3.27. The Kier molecular flexibility index (Phi) is 1.08. The van der Waals surface area contributed by atoms with Gasteiger partial charge in [-0.2, -0.15) is 0 Å². The van der Waals surface area contributed by atoms with E-state index in [2.05, 4.69) is 6.42 Å².